The molecule has 0 fully saturated rings. The Hall–Kier alpha value is 0.0125. The van der Waals surface area contributed by atoms with E-state index in [1.807, 2.05) is 11.0 Å². The summed E-state index contributed by atoms with van der Waals surface area (Å²) in [6, 6.07) is 0. The van der Waals surface area contributed by atoms with Crippen molar-refractivity contribution in [1.29, 1.82) is 0 Å². The van der Waals surface area contributed by atoms with Crippen LogP contribution in [0.4, 0.5) is 0 Å². The second-order valence-corrected chi connectivity index (χ2v) is 1.83. The van der Waals surface area contributed by atoms with Crippen molar-refractivity contribution < 1.29 is 16.3 Å². The normalized spacial score (nSPS) is 11.3. The molecule has 0 nitrogen and oxygen atoms in total. The summed E-state index contributed by atoms with van der Waals surface area (Å²) in [6.45, 7) is 5.66. The Kier molecular flexibility index (Phi) is 4.19. The predicted molar refractivity (Wildman–Crippen MR) is 28.6 cm³/mol. The number of rotatable bonds is 2. The number of hydrogen-bond donors (Lipinski definition) is 0. The van der Waals surface area contributed by atoms with E-state index < -0.39 is 0 Å². The molecule has 0 bridgehead atoms. The summed E-state index contributed by atoms with van der Waals surface area (Å²) < 4.78 is 0. The fraction of sp³-hybridized carbons (Fsp3) is 0.333. The Morgan fingerprint density at radius 1 is 1.86 bits per heavy atom. The van der Waals surface area contributed by atoms with Crippen LogP contribution in [0.1, 0.15) is 13.3 Å². The van der Waals surface area contributed by atoms with Crippen molar-refractivity contribution >= 4 is 0 Å². The van der Waals surface area contributed by atoms with Gasteiger partial charge in [-0.25, -0.2) is 0 Å². The quantitative estimate of drug-likeness (QED) is 0.505. The summed E-state index contributed by atoms with van der Waals surface area (Å²) >= 11 is 2.82. The summed E-state index contributed by atoms with van der Waals surface area (Å²) in [5, 5.41) is 0. The summed E-state index contributed by atoms with van der Waals surface area (Å²) in [5.74, 6) is 0. The SMILES string of the molecule is C=CCC(C)=[CH][Cr]. The van der Waals surface area contributed by atoms with Crippen molar-refractivity contribution in [3.8, 4) is 0 Å². The third kappa shape index (κ3) is 3.85. The van der Waals surface area contributed by atoms with Gasteiger partial charge in [0, 0.05) is 0 Å². The Morgan fingerprint density at radius 2 is 2.43 bits per heavy atom. The molecule has 0 N–H and O–H groups in total. The zero-order valence-corrected chi connectivity index (χ0v) is 5.75. The molecule has 0 spiro atoms. The average Bonchev–Trinajstić information content (AvgIpc) is 1.68. The maximum absolute atomic E-state index is 3.59. The third-order valence-electron chi connectivity index (χ3n) is 0.667. The minimum absolute atomic E-state index is 0.993. The van der Waals surface area contributed by atoms with Crippen LogP contribution in [-0.4, -0.2) is 0 Å². The molecule has 0 heterocycles. The molecular weight excluding hydrogens is 124 g/mol. The van der Waals surface area contributed by atoms with Gasteiger partial charge < -0.3 is 0 Å². The molecule has 0 saturated carbocycles. The number of allylic oxidation sites excluding steroid dienone is 2. The molecule has 0 aliphatic carbocycles. The van der Waals surface area contributed by atoms with Crippen LogP contribution in [0.2, 0.25) is 0 Å². The van der Waals surface area contributed by atoms with E-state index in [0.717, 1.165) is 6.42 Å². The standard InChI is InChI=1S/C6H9.Cr/c1-4-5-6(2)3;/h2,4H,1,5H2,3H3;. The van der Waals surface area contributed by atoms with E-state index in [1.54, 1.807) is 0 Å². The molecule has 0 saturated heterocycles. The van der Waals surface area contributed by atoms with E-state index in [1.165, 1.54) is 5.57 Å². The number of hydrogen-bond acceptors (Lipinski definition) is 0. The molecule has 0 amide bonds. The van der Waals surface area contributed by atoms with Crippen molar-refractivity contribution in [3.05, 3.63) is 23.2 Å². The molecule has 1 heteroatoms. The van der Waals surface area contributed by atoms with Crippen LogP contribution < -0.4 is 0 Å². The van der Waals surface area contributed by atoms with Crippen LogP contribution >= 0.6 is 0 Å². The Balaban J connectivity index is 3.36. The summed E-state index contributed by atoms with van der Waals surface area (Å²) in [6.07, 6.45) is 2.89. The van der Waals surface area contributed by atoms with Gasteiger partial charge >= 0.3 is 52.8 Å². The first-order chi connectivity index (χ1) is 3.31. The molecule has 0 aliphatic rings. The van der Waals surface area contributed by atoms with Gasteiger partial charge in [0.1, 0.15) is 0 Å². The van der Waals surface area contributed by atoms with Crippen molar-refractivity contribution in [2.45, 2.75) is 13.3 Å². The zero-order valence-electron chi connectivity index (χ0n) is 4.48. The molecule has 0 unspecified atom stereocenters. The van der Waals surface area contributed by atoms with E-state index >= 15 is 0 Å². The molecule has 0 aliphatic heterocycles. The van der Waals surface area contributed by atoms with Gasteiger partial charge in [-0.2, -0.15) is 0 Å². The predicted octanol–water partition coefficient (Wildman–Crippen LogP) is 2.01. The fourth-order valence-corrected chi connectivity index (χ4v) is 0.426. The molecule has 7 heavy (non-hydrogen) atoms. The van der Waals surface area contributed by atoms with E-state index in [2.05, 4.69) is 29.8 Å². The van der Waals surface area contributed by atoms with E-state index in [-0.39, 0.29) is 0 Å². The first-order valence-corrected chi connectivity index (χ1v) is 2.93. The molecule has 39 valence electrons. The summed E-state index contributed by atoms with van der Waals surface area (Å²) in [4.78, 5) is 1.97. The second kappa shape index (κ2) is 4.18. The van der Waals surface area contributed by atoms with Crippen molar-refractivity contribution in [3.63, 3.8) is 0 Å². The summed E-state index contributed by atoms with van der Waals surface area (Å²) in [7, 11) is 0. The van der Waals surface area contributed by atoms with Crippen LogP contribution in [0.3, 0.4) is 0 Å². The van der Waals surface area contributed by atoms with Gasteiger partial charge in [0.15, 0.2) is 0 Å². The monoisotopic (exact) mass is 133 g/mol. The molecule has 0 aromatic rings. The molecule has 0 radical (unpaired) electrons. The van der Waals surface area contributed by atoms with Gasteiger partial charge in [-0.1, -0.05) is 0 Å². The molecule has 0 aromatic carbocycles. The van der Waals surface area contributed by atoms with Crippen molar-refractivity contribution in [2.24, 2.45) is 0 Å². The first kappa shape index (κ1) is 7.01. The second-order valence-electron chi connectivity index (χ2n) is 1.46. The van der Waals surface area contributed by atoms with Crippen LogP contribution in [0.25, 0.3) is 0 Å². The van der Waals surface area contributed by atoms with Gasteiger partial charge in [0.2, 0.25) is 0 Å². The minimum atomic E-state index is 0.993. The van der Waals surface area contributed by atoms with E-state index in [4.69, 9.17) is 0 Å². The Morgan fingerprint density at radius 3 is 2.57 bits per heavy atom. The Labute approximate surface area is 53.3 Å². The van der Waals surface area contributed by atoms with Crippen LogP contribution in [0.15, 0.2) is 23.2 Å². The summed E-state index contributed by atoms with van der Waals surface area (Å²) in [5.41, 5.74) is 1.33. The molecule has 0 rings (SSSR count). The van der Waals surface area contributed by atoms with E-state index in [9.17, 15) is 0 Å². The van der Waals surface area contributed by atoms with Gasteiger partial charge in [-0.05, 0) is 0 Å². The van der Waals surface area contributed by atoms with E-state index in [0.29, 0.717) is 0 Å². The molecular formula is C6H9Cr. The zero-order chi connectivity index (χ0) is 5.70. The Bertz CT molecular complexity index is 82.2. The van der Waals surface area contributed by atoms with Crippen LogP contribution in [0.5, 0.6) is 0 Å². The van der Waals surface area contributed by atoms with Gasteiger partial charge in [-0.3, -0.25) is 0 Å². The topological polar surface area (TPSA) is 0 Å². The van der Waals surface area contributed by atoms with Gasteiger partial charge in [0.25, 0.3) is 0 Å². The van der Waals surface area contributed by atoms with Crippen LogP contribution in [-0.2, 0) is 16.3 Å². The molecule has 0 aromatic heterocycles. The maximum atomic E-state index is 3.59. The van der Waals surface area contributed by atoms with Gasteiger partial charge in [-0.15, -0.1) is 0 Å². The van der Waals surface area contributed by atoms with Crippen molar-refractivity contribution in [2.75, 3.05) is 0 Å². The third-order valence-corrected chi connectivity index (χ3v) is 1.30. The van der Waals surface area contributed by atoms with Crippen LogP contribution in [0, 0.1) is 0 Å². The van der Waals surface area contributed by atoms with Crippen molar-refractivity contribution in [1.82, 2.24) is 0 Å². The van der Waals surface area contributed by atoms with Gasteiger partial charge in [0.05, 0.1) is 0 Å². The first-order valence-electron chi connectivity index (χ1n) is 2.19. The fourth-order valence-electron chi connectivity index (χ4n) is 0.276. The molecule has 0 atom stereocenters. The average molecular weight is 133 g/mol.